The number of rotatable bonds is 2. The Bertz CT molecular complexity index is 592. The molecule has 6 nitrogen and oxygen atoms in total. The van der Waals surface area contributed by atoms with E-state index in [1.54, 1.807) is 24.2 Å². The van der Waals surface area contributed by atoms with Gasteiger partial charge in [-0.05, 0) is 17.7 Å². The summed E-state index contributed by atoms with van der Waals surface area (Å²) < 4.78 is 0. The predicted molar refractivity (Wildman–Crippen MR) is 86.5 cm³/mol. The van der Waals surface area contributed by atoms with Crippen molar-refractivity contribution in [3.63, 3.8) is 0 Å². The van der Waals surface area contributed by atoms with Gasteiger partial charge in [0.2, 0.25) is 11.8 Å². The fourth-order valence-electron chi connectivity index (χ4n) is 3.81. The van der Waals surface area contributed by atoms with Crippen molar-refractivity contribution < 1.29 is 9.59 Å². The van der Waals surface area contributed by atoms with Crippen LogP contribution in [0, 0.1) is 5.41 Å². The molecule has 3 heterocycles. The van der Waals surface area contributed by atoms with Crippen LogP contribution in [0.4, 0.5) is 0 Å². The average Bonchev–Trinajstić information content (AvgIpc) is 2.68. The summed E-state index contributed by atoms with van der Waals surface area (Å²) in [5.74, 6) is 0.274. The SMILES string of the molecule is CC(=O)N1CCN(Cc2ccncc2)C[C@@]2(CC(=O)N(C)C2)C1. The van der Waals surface area contributed by atoms with Crippen LogP contribution in [0.15, 0.2) is 24.5 Å². The Kier molecular flexibility index (Phi) is 4.35. The molecule has 1 spiro atoms. The minimum Gasteiger partial charge on any atom is -0.345 e. The standard InChI is InChI=1S/C17H24N4O2/c1-14(22)21-8-7-20(10-15-3-5-18-6-4-15)12-17(13-21)9-16(23)19(2)11-17/h3-6H,7-13H2,1-2H3/t17-/m0/s1. The molecule has 1 aromatic heterocycles. The highest BCUT2D eigenvalue weighted by Gasteiger charge is 2.45. The molecule has 2 aliphatic heterocycles. The van der Waals surface area contributed by atoms with Gasteiger partial charge in [-0.25, -0.2) is 0 Å². The quantitative estimate of drug-likeness (QED) is 0.801. The van der Waals surface area contributed by atoms with Gasteiger partial charge in [0.15, 0.2) is 0 Å². The second-order valence-electron chi connectivity index (χ2n) is 6.93. The van der Waals surface area contributed by atoms with Crippen LogP contribution < -0.4 is 0 Å². The van der Waals surface area contributed by atoms with Crippen LogP contribution in [0.25, 0.3) is 0 Å². The van der Waals surface area contributed by atoms with Gasteiger partial charge in [0, 0.05) is 77.5 Å². The van der Waals surface area contributed by atoms with Gasteiger partial charge in [-0.1, -0.05) is 0 Å². The smallest absolute Gasteiger partial charge is 0.223 e. The van der Waals surface area contributed by atoms with E-state index in [0.717, 1.165) is 32.7 Å². The molecular formula is C17H24N4O2. The summed E-state index contributed by atoms with van der Waals surface area (Å²) in [6, 6.07) is 4.04. The van der Waals surface area contributed by atoms with E-state index in [1.165, 1.54) is 5.56 Å². The van der Waals surface area contributed by atoms with E-state index in [0.29, 0.717) is 13.0 Å². The van der Waals surface area contributed by atoms with Crippen LogP contribution in [0.1, 0.15) is 18.9 Å². The number of hydrogen-bond acceptors (Lipinski definition) is 4. The topological polar surface area (TPSA) is 56.8 Å². The molecule has 2 amide bonds. The minimum absolute atomic E-state index is 0.0946. The zero-order valence-corrected chi connectivity index (χ0v) is 13.9. The van der Waals surface area contributed by atoms with E-state index in [-0.39, 0.29) is 17.2 Å². The van der Waals surface area contributed by atoms with Crippen molar-refractivity contribution >= 4 is 11.8 Å². The Hall–Kier alpha value is -1.95. The van der Waals surface area contributed by atoms with Crippen LogP contribution in [0.5, 0.6) is 0 Å². The summed E-state index contributed by atoms with van der Waals surface area (Å²) in [4.78, 5) is 34.1. The Balaban J connectivity index is 1.80. The highest BCUT2D eigenvalue weighted by Crippen LogP contribution is 2.34. The first kappa shape index (κ1) is 15.9. The molecule has 1 atom stereocenters. The third-order valence-electron chi connectivity index (χ3n) is 4.90. The number of aromatic nitrogens is 1. The zero-order chi connectivity index (χ0) is 16.4. The highest BCUT2D eigenvalue weighted by molar-refractivity contribution is 5.79. The van der Waals surface area contributed by atoms with Gasteiger partial charge < -0.3 is 9.80 Å². The van der Waals surface area contributed by atoms with Gasteiger partial charge in [0.1, 0.15) is 0 Å². The Morgan fingerprint density at radius 1 is 1.22 bits per heavy atom. The Morgan fingerprint density at radius 2 is 1.96 bits per heavy atom. The molecule has 0 aliphatic carbocycles. The molecule has 2 fully saturated rings. The van der Waals surface area contributed by atoms with Gasteiger partial charge in [-0.15, -0.1) is 0 Å². The first-order chi connectivity index (χ1) is 11.0. The van der Waals surface area contributed by atoms with Crippen LogP contribution in [0.3, 0.4) is 0 Å². The molecule has 2 saturated heterocycles. The summed E-state index contributed by atoms with van der Waals surface area (Å²) >= 11 is 0. The van der Waals surface area contributed by atoms with Crippen molar-refractivity contribution in [1.82, 2.24) is 19.7 Å². The van der Waals surface area contributed by atoms with E-state index in [4.69, 9.17) is 0 Å². The number of amides is 2. The maximum atomic E-state index is 12.1. The number of hydrogen-bond donors (Lipinski definition) is 0. The van der Waals surface area contributed by atoms with Crippen LogP contribution >= 0.6 is 0 Å². The number of likely N-dealkylation sites (tertiary alicyclic amines) is 1. The van der Waals surface area contributed by atoms with Crippen LogP contribution in [-0.4, -0.2) is 71.3 Å². The average molecular weight is 316 g/mol. The van der Waals surface area contributed by atoms with Crippen molar-refractivity contribution in [2.45, 2.75) is 19.9 Å². The lowest BCUT2D eigenvalue weighted by atomic mass is 9.86. The lowest BCUT2D eigenvalue weighted by Crippen LogP contribution is -2.43. The number of carbonyl (C=O) groups is 2. The molecule has 0 N–H and O–H groups in total. The lowest BCUT2D eigenvalue weighted by molar-refractivity contribution is -0.130. The van der Waals surface area contributed by atoms with E-state index < -0.39 is 0 Å². The van der Waals surface area contributed by atoms with Gasteiger partial charge >= 0.3 is 0 Å². The maximum absolute atomic E-state index is 12.1. The summed E-state index contributed by atoms with van der Waals surface area (Å²) in [6.45, 7) is 6.24. The van der Waals surface area contributed by atoms with Crippen LogP contribution in [-0.2, 0) is 16.1 Å². The lowest BCUT2D eigenvalue weighted by Gasteiger charge is -2.33. The molecule has 0 unspecified atom stereocenters. The summed E-state index contributed by atoms with van der Waals surface area (Å²) in [6.07, 6.45) is 4.13. The van der Waals surface area contributed by atoms with Gasteiger partial charge in [-0.3, -0.25) is 19.5 Å². The fourth-order valence-corrected chi connectivity index (χ4v) is 3.81. The normalized spacial score (nSPS) is 25.9. The molecule has 0 radical (unpaired) electrons. The molecule has 3 rings (SSSR count). The van der Waals surface area contributed by atoms with Crippen molar-refractivity contribution in [2.75, 3.05) is 39.8 Å². The predicted octanol–water partition coefficient (Wildman–Crippen LogP) is 0.594. The molecule has 23 heavy (non-hydrogen) atoms. The monoisotopic (exact) mass is 316 g/mol. The van der Waals surface area contributed by atoms with Crippen molar-refractivity contribution in [2.24, 2.45) is 5.41 Å². The van der Waals surface area contributed by atoms with Crippen LogP contribution in [0.2, 0.25) is 0 Å². The molecular weight excluding hydrogens is 292 g/mol. The Morgan fingerprint density at radius 3 is 2.57 bits per heavy atom. The summed E-state index contributed by atoms with van der Waals surface area (Å²) in [7, 11) is 1.85. The molecule has 0 aromatic carbocycles. The highest BCUT2D eigenvalue weighted by atomic mass is 16.2. The van der Waals surface area contributed by atoms with E-state index in [9.17, 15) is 9.59 Å². The number of carbonyl (C=O) groups excluding carboxylic acids is 2. The first-order valence-corrected chi connectivity index (χ1v) is 8.08. The van der Waals surface area contributed by atoms with Crippen molar-refractivity contribution in [3.05, 3.63) is 30.1 Å². The molecule has 124 valence electrons. The number of pyridine rings is 1. The molecule has 0 bridgehead atoms. The first-order valence-electron chi connectivity index (χ1n) is 8.08. The van der Waals surface area contributed by atoms with E-state index in [1.807, 2.05) is 24.1 Å². The fraction of sp³-hybridized carbons (Fsp3) is 0.588. The molecule has 2 aliphatic rings. The second kappa shape index (κ2) is 6.28. The number of nitrogens with zero attached hydrogens (tertiary/aromatic N) is 4. The van der Waals surface area contributed by atoms with Crippen molar-refractivity contribution in [1.29, 1.82) is 0 Å². The largest absolute Gasteiger partial charge is 0.345 e. The minimum atomic E-state index is -0.152. The summed E-state index contributed by atoms with van der Waals surface area (Å²) in [5, 5.41) is 0. The summed E-state index contributed by atoms with van der Waals surface area (Å²) in [5.41, 5.74) is 1.06. The van der Waals surface area contributed by atoms with Gasteiger partial charge in [0.25, 0.3) is 0 Å². The molecule has 0 saturated carbocycles. The van der Waals surface area contributed by atoms with Gasteiger partial charge in [0.05, 0.1) is 0 Å². The maximum Gasteiger partial charge on any atom is 0.223 e. The third-order valence-corrected chi connectivity index (χ3v) is 4.90. The van der Waals surface area contributed by atoms with E-state index >= 15 is 0 Å². The molecule has 6 heteroatoms. The second-order valence-corrected chi connectivity index (χ2v) is 6.93. The third kappa shape index (κ3) is 3.52. The zero-order valence-electron chi connectivity index (χ0n) is 13.9. The van der Waals surface area contributed by atoms with Gasteiger partial charge in [-0.2, -0.15) is 0 Å². The van der Waals surface area contributed by atoms with E-state index in [2.05, 4.69) is 9.88 Å². The van der Waals surface area contributed by atoms with Crippen molar-refractivity contribution in [3.8, 4) is 0 Å². The Labute approximate surface area is 137 Å². The molecule has 1 aromatic rings.